The molecule has 0 spiro atoms. The fourth-order valence-corrected chi connectivity index (χ4v) is 2.00. The predicted molar refractivity (Wildman–Crippen MR) is 65.8 cm³/mol. The Morgan fingerprint density at radius 1 is 1.40 bits per heavy atom. The highest BCUT2D eigenvalue weighted by molar-refractivity contribution is 4.98. The molecule has 1 heterocycles. The number of hydrogen-bond donors (Lipinski definition) is 1. The SMILES string of the molecule is CC#CCN(CC1CCCCN1)C(C)C. The monoisotopic (exact) mass is 208 g/mol. The van der Waals surface area contributed by atoms with Gasteiger partial charge in [0, 0.05) is 18.6 Å². The van der Waals surface area contributed by atoms with Gasteiger partial charge >= 0.3 is 0 Å². The molecule has 2 nitrogen and oxygen atoms in total. The molecule has 1 atom stereocenters. The molecule has 0 amide bonds. The van der Waals surface area contributed by atoms with E-state index in [1.54, 1.807) is 0 Å². The molecule has 86 valence electrons. The van der Waals surface area contributed by atoms with Gasteiger partial charge in [-0.1, -0.05) is 12.3 Å². The van der Waals surface area contributed by atoms with Gasteiger partial charge in [0.05, 0.1) is 6.54 Å². The van der Waals surface area contributed by atoms with Crippen molar-refractivity contribution in [2.24, 2.45) is 0 Å². The molecule has 0 bridgehead atoms. The third kappa shape index (κ3) is 4.68. The zero-order valence-electron chi connectivity index (χ0n) is 10.3. The van der Waals surface area contributed by atoms with Crippen molar-refractivity contribution in [1.29, 1.82) is 0 Å². The summed E-state index contributed by atoms with van der Waals surface area (Å²) in [4.78, 5) is 2.46. The van der Waals surface area contributed by atoms with Crippen molar-refractivity contribution in [2.45, 2.75) is 52.1 Å². The van der Waals surface area contributed by atoms with E-state index in [1.807, 2.05) is 6.92 Å². The van der Waals surface area contributed by atoms with Crippen molar-refractivity contribution in [3.63, 3.8) is 0 Å². The molecule has 1 fully saturated rings. The van der Waals surface area contributed by atoms with E-state index in [1.165, 1.54) is 25.8 Å². The summed E-state index contributed by atoms with van der Waals surface area (Å²) in [5.74, 6) is 6.15. The first-order chi connectivity index (χ1) is 7.24. The lowest BCUT2D eigenvalue weighted by Gasteiger charge is -2.31. The zero-order valence-corrected chi connectivity index (χ0v) is 10.3. The van der Waals surface area contributed by atoms with Crippen molar-refractivity contribution in [3.05, 3.63) is 0 Å². The quantitative estimate of drug-likeness (QED) is 0.710. The maximum Gasteiger partial charge on any atom is 0.0604 e. The smallest absolute Gasteiger partial charge is 0.0604 e. The van der Waals surface area contributed by atoms with Crippen LogP contribution in [0, 0.1) is 11.8 Å². The molecule has 0 aliphatic carbocycles. The summed E-state index contributed by atoms with van der Waals surface area (Å²) < 4.78 is 0. The summed E-state index contributed by atoms with van der Waals surface area (Å²) in [7, 11) is 0. The van der Waals surface area contributed by atoms with Crippen LogP contribution in [0.2, 0.25) is 0 Å². The summed E-state index contributed by atoms with van der Waals surface area (Å²) in [5, 5.41) is 3.59. The first-order valence-electron chi connectivity index (χ1n) is 6.11. The highest BCUT2D eigenvalue weighted by Crippen LogP contribution is 2.09. The number of rotatable bonds is 4. The van der Waals surface area contributed by atoms with Crippen LogP contribution in [-0.4, -0.2) is 36.6 Å². The van der Waals surface area contributed by atoms with Crippen LogP contribution in [0.3, 0.4) is 0 Å². The maximum absolute atomic E-state index is 3.59. The lowest BCUT2D eigenvalue weighted by molar-refractivity contribution is 0.206. The van der Waals surface area contributed by atoms with Gasteiger partial charge in [0.25, 0.3) is 0 Å². The Kier molecular flexibility index (Phi) is 5.75. The second-order valence-electron chi connectivity index (χ2n) is 4.60. The Morgan fingerprint density at radius 3 is 2.73 bits per heavy atom. The third-order valence-electron chi connectivity index (χ3n) is 3.06. The number of nitrogens with one attached hydrogen (secondary N) is 1. The second-order valence-corrected chi connectivity index (χ2v) is 4.60. The summed E-state index contributed by atoms with van der Waals surface area (Å²) in [6, 6.07) is 1.27. The highest BCUT2D eigenvalue weighted by Gasteiger charge is 2.17. The van der Waals surface area contributed by atoms with E-state index in [9.17, 15) is 0 Å². The minimum atomic E-state index is 0.592. The Hall–Kier alpha value is -0.520. The third-order valence-corrected chi connectivity index (χ3v) is 3.06. The standard InChI is InChI=1S/C13H24N2/c1-4-5-10-15(12(2)3)11-13-8-6-7-9-14-13/h12-14H,6-11H2,1-3H3. The van der Waals surface area contributed by atoms with Crippen molar-refractivity contribution >= 4 is 0 Å². The van der Waals surface area contributed by atoms with Gasteiger partial charge in [-0.2, -0.15) is 0 Å². The van der Waals surface area contributed by atoms with Crippen LogP contribution >= 0.6 is 0 Å². The van der Waals surface area contributed by atoms with Gasteiger partial charge in [0.2, 0.25) is 0 Å². The summed E-state index contributed by atoms with van der Waals surface area (Å²) in [6.45, 7) is 9.66. The van der Waals surface area contributed by atoms with Gasteiger partial charge in [0.15, 0.2) is 0 Å². The van der Waals surface area contributed by atoms with Crippen molar-refractivity contribution in [3.8, 4) is 11.8 Å². The molecule has 2 heteroatoms. The van der Waals surface area contributed by atoms with E-state index in [-0.39, 0.29) is 0 Å². The molecule has 1 N–H and O–H groups in total. The maximum atomic E-state index is 3.59. The molecule has 1 aliphatic rings. The van der Waals surface area contributed by atoms with Gasteiger partial charge in [-0.25, -0.2) is 0 Å². The van der Waals surface area contributed by atoms with Crippen LogP contribution in [0.5, 0.6) is 0 Å². The second kappa shape index (κ2) is 6.87. The Bertz CT molecular complexity index is 218. The van der Waals surface area contributed by atoms with Crippen LogP contribution in [0.1, 0.15) is 40.0 Å². The van der Waals surface area contributed by atoms with E-state index in [0.717, 1.165) is 13.1 Å². The zero-order chi connectivity index (χ0) is 11.1. The lowest BCUT2D eigenvalue weighted by Crippen LogP contribution is -2.46. The molecule has 15 heavy (non-hydrogen) atoms. The highest BCUT2D eigenvalue weighted by atomic mass is 15.2. The van der Waals surface area contributed by atoms with E-state index in [0.29, 0.717) is 12.1 Å². The van der Waals surface area contributed by atoms with Crippen LogP contribution < -0.4 is 5.32 Å². The number of piperidine rings is 1. The normalized spacial score (nSPS) is 21.5. The van der Waals surface area contributed by atoms with Gasteiger partial charge in [-0.15, -0.1) is 5.92 Å². The van der Waals surface area contributed by atoms with Crippen molar-refractivity contribution < 1.29 is 0 Å². The van der Waals surface area contributed by atoms with Gasteiger partial charge in [-0.3, -0.25) is 4.90 Å². The van der Waals surface area contributed by atoms with Crippen molar-refractivity contribution in [1.82, 2.24) is 10.2 Å². The van der Waals surface area contributed by atoms with E-state index < -0.39 is 0 Å². The molecule has 1 unspecified atom stereocenters. The van der Waals surface area contributed by atoms with E-state index >= 15 is 0 Å². The van der Waals surface area contributed by atoms with Crippen LogP contribution in [0.15, 0.2) is 0 Å². The summed E-state index contributed by atoms with van der Waals surface area (Å²) >= 11 is 0. The van der Waals surface area contributed by atoms with Crippen LogP contribution in [0.25, 0.3) is 0 Å². The van der Waals surface area contributed by atoms with Crippen LogP contribution in [-0.2, 0) is 0 Å². The van der Waals surface area contributed by atoms with Gasteiger partial charge in [-0.05, 0) is 40.2 Å². The Labute approximate surface area is 94.4 Å². The number of nitrogens with zero attached hydrogens (tertiary/aromatic N) is 1. The molecule has 1 rings (SSSR count). The minimum Gasteiger partial charge on any atom is -0.313 e. The average Bonchev–Trinajstić information content (AvgIpc) is 2.25. The molecule has 0 aromatic heterocycles. The van der Waals surface area contributed by atoms with E-state index in [4.69, 9.17) is 0 Å². The summed E-state index contributed by atoms with van der Waals surface area (Å²) in [5.41, 5.74) is 0. The van der Waals surface area contributed by atoms with Crippen LogP contribution in [0.4, 0.5) is 0 Å². The van der Waals surface area contributed by atoms with Gasteiger partial charge in [0.1, 0.15) is 0 Å². The number of hydrogen-bond acceptors (Lipinski definition) is 2. The average molecular weight is 208 g/mol. The molecule has 0 aromatic carbocycles. The molecular formula is C13H24N2. The summed E-state index contributed by atoms with van der Waals surface area (Å²) in [6.07, 6.45) is 4.04. The topological polar surface area (TPSA) is 15.3 Å². The fraction of sp³-hybridized carbons (Fsp3) is 0.846. The minimum absolute atomic E-state index is 0.592. The largest absolute Gasteiger partial charge is 0.313 e. The fourth-order valence-electron chi connectivity index (χ4n) is 2.00. The molecule has 0 saturated carbocycles. The first-order valence-corrected chi connectivity index (χ1v) is 6.11. The van der Waals surface area contributed by atoms with Crippen molar-refractivity contribution in [2.75, 3.05) is 19.6 Å². The van der Waals surface area contributed by atoms with Gasteiger partial charge < -0.3 is 5.32 Å². The van der Waals surface area contributed by atoms with E-state index in [2.05, 4.69) is 35.9 Å². The molecule has 1 saturated heterocycles. The Balaban J connectivity index is 2.37. The molecule has 0 radical (unpaired) electrons. The molecule has 1 aliphatic heterocycles. The molecular weight excluding hydrogens is 184 g/mol. The first kappa shape index (κ1) is 12.5. The Morgan fingerprint density at radius 2 is 2.20 bits per heavy atom. The lowest BCUT2D eigenvalue weighted by atomic mass is 10.0. The molecule has 0 aromatic rings. The predicted octanol–water partition coefficient (Wildman–Crippen LogP) is 1.86.